The van der Waals surface area contributed by atoms with Crippen molar-refractivity contribution in [1.29, 1.82) is 0 Å². The molecule has 0 aromatic carbocycles. The molecule has 0 aliphatic carbocycles. The third-order valence-electron chi connectivity index (χ3n) is 1.91. The van der Waals surface area contributed by atoms with E-state index in [9.17, 15) is 4.79 Å². The maximum Gasteiger partial charge on any atom is 0.163 e. The van der Waals surface area contributed by atoms with E-state index in [0.29, 0.717) is 5.56 Å². The maximum absolute atomic E-state index is 11.1. The van der Waals surface area contributed by atoms with E-state index in [4.69, 9.17) is 0 Å². The molecule has 0 bridgehead atoms. The summed E-state index contributed by atoms with van der Waals surface area (Å²) >= 11 is 0. The summed E-state index contributed by atoms with van der Waals surface area (Å²) in [7, 11) is 0. The zero-order valence-corrected chi connectivity index (χ0v) is 8.24. The van der Waals surface area contributed by atoms with Gasteiger partial charge in [0.15, 0.2) is 5.78 Å². The van der Waals surface area contributed by atoms with Crippen LogP contribution in [0.5, 0.6) is 0 Å². The lowest BCUT2D eigenvalue weighted by molar-refractivity contribution is 0.101. The molecular formula is C10H14N2O. The van der Waals surface area contributed by atoms with Gasteiger partial charge in [-0.1, -0.05) is 13.0 Å². The number of carbonyl (C=O) groups is 1. The van der Waals surface area contributed by atoms with Crippen molar-refractivity contribution in [2.24, 2.45) is 0 Å². The van der Waals surface area contributed by atoms with Gasteiger partial charge in [-0.25, -0.2) is 4.68 Å². The van der Waals surface area contributed by atoms with Crippen LogP contribution in [0.25, 0.3) is 6.20 Å². The van der Waals surface area contributed by atoms with E-state index in [1.807, 2.05) is 19.2 Å². The lowest BCUT2D eigenvalue weighted by Crippen LogP contribution is -1.96. The largest absolute Gasteiger partial charge is 0.294 e. The van der Waals surface area contributed by atoms with Crippen molar-refractivity contribution in [2.45, 2.75) is 27.2 Å². The van der Waals surface area contributed by atoms with Crippen LogP contribution in [-0.2, 0) is 0 Å². The van der Waals surface area contributed by atoms with Crippen molar-refractivity contribution in [3.05, 3.63) is 23.5 Å². The number of hydrogen-bond donors (Lipinski definition) is 0. The van der Waals surface area contributed by atoms with Crippen LogP contribution in [0.2, 0.25) is 0 Å². The second kappa shape index (κ2) is 4.03. The molecule has 70 valence electrons. The molecule has 0 aliphatic rings. The van der Waals surface area contributed by atoms with Gasteiger partial charge in [-0.15, -0.1) is 0 Å². The lowest BCUT2D eigenvalue weighted by atomic mass is 10.2. The van der Waals surface area contributed by atoms with E-state index in [-0.39, 0.29) is 5.78 Å². The standard InChI is InChI=1S/C10H14N2O/c1-4-5-6-12-8(2)10(7-11-12)9(3)13/h5-7H,4H2,1-3H3/b6-5-. The van der Waals surface area contributed by atoms with Gasteiger partial charge in [0.1, 0.15) is 0 Å². The molecule has 0 saturated carbocycles. The highest BCUT2D eigenvalue weighted by atomic mass is 16.1. The molecule has 0 N–H and O–H groups in total. The Bertz CT molecular complexity index is 337. The highest BCUT2D eigenvalue weighted by Crippen LogP contribution is 2.07. The van der Waals surface area contributed by atoms with Crippen LogP contribution in [0.1, 0.15) is 36.3 Å². The number of nitrogens with zero attached hydrogens (tertiary/aromatic N) is 2. The van der Waals surface area contributed by atoms with Crippen LogP contribution in [0.3, 0.4) is 0 Å². The first-order valence-electron chi connectivity index (χ1n) is 4.38. The normalized spacial score (nSPS) is 11.0. The number of aromatic nitrogens is 2. The third-order valence-corrected chi connectivity index (χ3v) is 1.91. The minimum Gasteiger partial charge on any atom is -0.294 e. The summed E-state index contributed by atoms with van der Waals surface area (Å²) < 4.78 is 1.72. The third kappa shape index (κ3) is 2.05. The number of allylic oxidation sites excluding steroid dienone is 1. The molecule has 0 unspecified atom stereocenters. The van der Waals surface area contributed by atoms with Gasteiger partial charge in [0.05, 0.1) is 17.5 Å². The number of rotatable bonds is 3. The number of hydrogen-bond acceptors (Lipinski definition) is 2. The molecular weight excluding hydrogens is 164 g/mol. The maximum atomic E-state index is 11.1. The van der Waals surface area contributed by atoms with Crippen LogP contribution in [-0.4, -0.2) is 15.6 Å². The fourth-order valence-electron chi connectivity index (χ4n) is 1.12. The molecule has 0 spiro atoms. The molecule has 0 atom stereocenters. The molecule has 0 aliphatic heterocycles. The first kappa shape index (κ1) is 9.71. The second-order valence-corrected chi connectivity index (χ2v) is 2.94. The van der Waals surface area contributed by atoms with E-state index in [1.165, 1.54) is 0 Å². The molecule has 13 heavy (non-hydrogen) atoms. The Morgan fingerprint density at radius 1 is 1.69 bits per heavy atom. The smallest absolute Gasteiger partial charge is 0.163 e. The van der Waals surface area contributed by atoms with E-state index >= 15 is 0 Å². The molecule has 0 radical (unpaired) electrons. The quantitative estimate of drug-likeness (QED) is 0.665. The highest BCUT2D eigenvalue weighted by molar-refractivity contribution is 5.95. The first-order valence-corrected chi connectivity index (χ1v) is 4.38. The minimum absolute atomic E-state index is 0.0636. The van der Waals surface area contributed by atoms with Crippen LogP contribution < -0.4 is 0 Å². The fraction of sp³-hybridized carbons (Fsp3) is 0.400. The van der Waals surface area contributed by atoms with Gasteiger partial charge in [-0.3, -0.25) is 4.79 Å². The summed E-state index contributed by atoms with van der Waals surface area (Å²) in [6.45, 7) is 5.50. The van der Waals surface area contributed by atoms with Crippen molar-refractivity contribution >= 4 is 12.0 Å². The molecule has 1 aromatic heterocycles. The zero-order valence-electron chi connectivity index (χ0n) is 8.24. The molecule has 0 saturated heterocycles. The summed E-state index contributed by atoms with van der Waals surface area (Å²) in [5.41, 5.74) is 1.60. The van der Waals surface area contributed by atoms with Crippen molar-refractivity contribution in [3.8, 4) is 0 Å². The summed E-state index contributed by atoms with van der Waals surface area (Å²) in [5.74, 6) is 0.0636. The van der Waals surface area contributed by atoms with Crippen molar-refractivity contribution in [2.75, 3.05) is 0 Å². The Balaban J connectivity index is 2.99. The van der Waals surface area contributed by atoms with Gasteiger partial charge in [0.2, 0.25) is 0 Å². The monoisotopic (exact) mass is 178 g/mol. The Morgan fingerprint density at radius 3 is 2.85 bits per heavy atom. The van der Waals surface area contributed by atoms with Gasteiger partial charge < -0.3 is 0 Å². The molecule has 0 amide bonds. The molecule has 0 fully saturated rings. The van der Waals surface area contributed by atoms with Crippen molar-refractivity contribution in [1.82, 2.24) is 9.78 Å². The lowest BCUT2D eigenvalue weighted by Gasteiger charge is -1.96. The molecule has 1 aromatic rings. The average molecular weight is 178 g/mol. The van der Waals surface area contributed by atoms with Gasteiger partial charge in [0.25, 0.3) is 0 Å². The Kier molecular flexibility index (Phi) is 3.01. The topological polar surface area (TPSA) is 34.9 Å². The number of Topliss-reactive ketones (excluding diaryl/α,β-unsaturated/α-hetero) is 1. The van der Waals surface area contributed by atoms with Gasteiger partial charge in [-0.05, 0) is 20.3 Å². The van der Waals surface area contributed by atoms with Gasteiger partial charge in [-0.2, -0.15) is 5.10 Å². The summed E-state index contributed by atoms with van der Waals surface area (Å²) in [4.78, 5) is 11.1. The van der Waals surface area contributed by atoms with Crippen molar-refractivity contribution < 1.29 is 4.79 Å². The molecule has 1 heterocycles. The average Bonchev–Trinajstić information content (AvgIpc) is 2.43. The van der Waals surface area contributed by atoms with E-state index < -0.39 is 0 Å². The molecule has 3 nitrogen and oxygen atoms in total. The Hall–Kier alpha value is -1.38. The van der Waals surface area contributed by atoms with Crippen LogP contribution in [0.15, 0.2) is 12.3 Å². The van der Waals surface area contributed by atoms with Gasteiger partial charge >= 0.3 is 0 Å². The number of carbonyl (C=O) groups excluding carboxylic acids is 1. The Labute approximate surface area is 78.1 Å². The highest BCUT2D eigenvalue weighted by Gasteiger charge is 2.07. The minimum atomic E-state index is 0.0636. The SMILES string of the molecule is CC/C=C\n1ncc(C(C)=O)c1C. The summed E-state index contributed by atoms with van der Waals surface area (Å²) in [5, 5.41) is 4.08. The Morgan fingerprint density at radius 2 is 2.38 bits per heavy atom. The van der Waals surface area contributed by atoms with E-state index in [2.05, 4.69) is 12.0 Å². The van der Waals surface area contributed by atoms with Crippen LogP contribution in [0, 0.1) is 6.92 Å². The summed E-state index contributed by atoms with van der Waals surface area (Å²) in [6.07, 6.45) is 6.46. The van der Waals surface area contributed by atoms with E-state index in [0.717, 1.165) is 12.1 Å². The zero-order chi connectivity index (χ0) is 9.84. The fourth-order valence-corrected chi connectivity index (χ4v) is 1.12. The first-order chi connectivity index (χ1) is 6.16. The van der Waals surface area contributed by atoms with Gasteiger partial charge in [0, 0.05) is 6.20 Å². The van der Waals surface area contributed by atoms with Crippen LogP contribution in [0.4, 0.5) is 0 Å². The van der Waals surface area contributed by atoms with E-state index in [1.54, 1.807) is 17.8 Å². The predicted molar refractivity (Wildman–Crippen MR) is 52.6 cm³/mol. The predicted octanol–water partition coefficient (Wildman–Crippen LogP) is 2.27. The van der Waals surface area contributed by atoms with Crippen LogP contribution >= 0.6 is 0 Å². The second-order valence-electron chi connectivity index (χ2n) is 2.94. The molecule has 3 heteroatoms. The number of ketones is 1. The molecule has 1 rings (SSSR count). The van der Waals surface area contributed by atoms with Crippen molar-refractivity contribution in [3.63, 3.8) is 0 Å². The summed E-state index contributed by atoms with van der Waals surface area (Å²) in [6, 6.07) is 0.